The third kappa shape index (κ3) is 2.93. The number of allylic oxidation sites excluding steroid dienone is 2. The van der Waals surface area contributed by atoms with Crippen LogP contribution in [0.25, 0.3) is 0 Å². The minimum atomic E-state index is -1.09. The van der Waals surface area contributed by atoms with Gasteiger partial charge < -0.3 is 10.2 Å². The maximum atomic E-state index is 13.7. The molecule has 1 radical (unpaired) electrons. The molecule has 121 valence electrons. The van der Waals surface area contributed by atoms with Crippen molar-refractivity contribution < 1.29 is 9.18 Å². The summed E-state index contributed by atoms with van der Waals surface area (Å²) in [6, 6.07) is 13.4. The molecule has 0 aliphatic carbocycles. The predicted octanol–water partition coefficient (Wildman–Crippen LogP) is 4.16. The monoisotopic (exact) mass is 341 g/mol. The van der Waals surface area contributed by atoms with Gasteiger partial charge in [0.1, 0.15) is 5.82 Å². The first kappa shape index (κ1) is 16.3. The van der Waals surface area contributed by atoms with E-state index in [-0.39, 0.29) is 11.7 Å². The Balaban J connectivity index is 2.22. The van der Waals surface area contributed by atoms with E-state index in [1.165, 1.54) is 19.1 Å². The van der Waals surface area contributed by atoms with Gasteiger partial charge in [-0.15, -0.1) is 0 Å². The fourth-order valence-electron chi connectivity index (χ4n) is 2.80. The molecule has 1 atom stereocenters. The Labute approximate surface area is 145 Å². The number of halogens is 2. The normalized spacial score (nSPS) is 19.4. The fraction of sp³-hybridized carbons (Fsp3) is 0.105. The Morgan fingerprint density at radius 1 is 1.25 bits per heavy atom. The van der Waals surface area contributed by atoms with Gasteiger partial charge in [0.25, 0.3) is 0 Å². The Morgan fingerprint density at radius 2 is 2.04 bits per heavy atom. The molecule has 0 bridgehead atoms. The molecule has 2 aromatic carbocycles. The summed E-state index contributed by atoms with van der Waals surface area (Å²) in [6.45, 7) is 1.43. The first-order valence-electron chi connectivity index (χ1n) is 7.39. The van der Waals surface area contributed by atoms with Crippen molar-refractivity contribution in [3.63, 3.8) is 0 Å². The summed E-state index contributed by atoms with van der Waals surface area (Å²) in [6.07, 6.45) is 8.14. The molecule has 1 heterocycles. The zero-order valence-electron chi connectivity index (χ0n) is 13.0. The van der Waals surface area contributed by atoms with E-state index in [4.69, 9.17) is 11.6 Å². The second-order valence-corrected chi connectivity index (χ2v) is 5.81. The smallest absolute Gasteiger partial charge is 0.219 e. The van der Waals surface area contributed by atoms with Crippen LogP contribution in [0, 0.1) is 11.9 Å². The Morgan fingerprint density at radius 3 is 2.75 bits per heavy atom. The van der Waals surface area contributed by atoms with Crippen LogP contribution in [0.5, 0.6) is 0 Å². The SMILES string of the molecule is CC(=O)NC1(c2ccccc2Cl)C=[C]C=CN1c1cccc(F)c1. The van der Waals surface area contributed by atoms with Gasteiger partial charge in [0, 0.05) is 29.4 Å². The Hall–Kier alpha value is -2.59. The minimum absolute atomic E-state index is 0.246. The quantitative estimate of drug-likeness (QED) is 0.909. The number of carbonyl (C=O) groups is 1. The molecule has 0 aromatic heterocycles. The summed E-state index contributed by atoms with van der Waals surface area (Å²) in [5, 5.41) is 3.42. The average Bonchev–Trinajstić information content (AvgIpc) is 2.55. The van der Waals surface area contributed by atoms with Gasteiger partial charge in [-0.05, 0) is 42.5 Å². The number of hydrogen-bond donors (Lipinski definition) is 1. The number of rotatable bonds is 3. The number of nitrogens with zero attached hydrogens (tertiary/aromatic N) is 1. The molecule has 1 aliphatic rings. The summed E-state index contributed by atoms with van der Waals surface area (Å²) in [7, 11) is 0. The van der Waals surface area contributed by atoms with E-state index < -0.39 is 5.66 Å². The molecule has 1 amide bonds. The summed E-state index contributed by atoms with van der Waals surface area (Å²) in [4.78, 5) is 13.7. The van der Waals surface area contributed by atoms with Crippen molar-refractivity contribution in [1.29, 1.82) is 0 Å². The standard InChI is InChI=1S/C19H15ClFN2O/c1-14(24)22-19(17-9-2-3-10-18(17)20)11-4-5-12-23(19)16-8-6-7-15(21)13-16/h2-3,5-13H,1H3,(H,22,24). The minimum Gasteiger partial charge on any atom is -0.326 e. The Bertz CT molecular complexity index is 834. The van der Waals surface area contributed by atoms with Crippen LogP contribution in [0.1, 0.15) is 12.5 Å². The van der Waals surface area contributed by atoms with Gasteiger partial charge in [0.15, 0.2) is 5.66 Å². The van der Waals surface area contributed by atoms with Crippen LogP contribution in [-0.4, -0.2) is 5.91 Å². The van der Waals surface area contributed by atoms with Crippen molar-refractivity contribution in [1.82, 2.24) is 5.32 Å². The highest BCUT2D eigenvalue weighted by atomic mass is 35.5. The van der Waals surface area contributed by atoms with Crippen LogP contribution < -0.4 is 10.2 Å². The molecule has 5 heteroatoms. The highest BCUT2D eigenvalue weighted by Crippen LogP contribution is 2.38. The molecular formula is C19H15ClFN2O. The van der Waals surface area contributed by atoms with E-state index in [0.717, 1.165) is 0 Å². The largest absolute Gasteiger partial charge is 0.326 e. The summed E-state index contributed by atoms with van der Waals surface area (Å²) in [5.41, 5.74) is 0.160. The van der Waals surface area contributed by atoms with E-state index in [0.29, 0.717) is 16.3 Å². The number of hydrogen-bond acceptors (Lipinski definition) is 2. The molecule has 0 saturated carbocycles. The third-order valence-electron chi connectivity index (χ3n) is 3.73. The van der Waals surface area contributed by atoms with Gasteiger partial charge in [0.2, 0.25) is 5.91 Å². The lowest BCUT2D eigenvalue weighted by Crippen LogP contribution is -2.55. The second-order valence-electron chi connectivity index (χ2n) is 5.40. The van der Waals surface area contributed by atoms with Crippen molar-refractivity contribution in [2.24, 2.45) is 0 Å². The number of carbonyl (C=O) groups excluding carboxylic acids is 1. The lowest BCUT2D eigenvalue weighted by atomic mass is 9.93. The second kappa shape index (κ2) is 6.49. The van der Waals surface area contributed by atoms with E-state index in [1.54, 1.807) is 41.5 Å². The molecule has 3 nitrogen and oxygen atoms in total. The van der Waals surface area contributed by atoms with E-state index in [9.17, 15) is 9.18 Å². The van der Waals surface area contributed by atoms with Crippen LogP contribution in [0.15, 0.2) is 66.9 Å². The molecular weight excluding hydrogens is 327 g/mol. The van der Waals surface area contributed by atoms with Crippen LogP contribution in [0.3, 0.4) is 0 Å². The molecule has 0 saturated heterocycles. The van der Waals surface area contributed by atoms with Gasteiger partial charge >= 0.3 is 0 Å². The van der Waals surface area contributed by atoms with Gasteiger partial charge in [0.05, 0.1) is 0 Å². The van der Waals surface area contributed by atoms with Gasteiger partial charge in [-0.3, -0.25) is 4.79 Å². The lowest BCUT2D eigenvalue weighted by molar-refractivity contribution is -0.120. The van der Waals surface area contributed by atoms with Crippen LogP contribution in [-0.2, 0) is 10.5 Å². The molecule has 2 aromatic rings. The van der Waals surface area contributed by atoms with Crippen LogP contribution >= 0.6 is 11.6 Å². The molecule has 1 N–H and O–H groups in total. The van der Waals surface area contributed by atoms with Crippen molar-refractivity contribution >= 4 is 23.2 Å². The van der Waals surface area contributed by atoms with E-state index in [1.807, 2.05) is 18.2 Å². The number of anilines is 1. The van der Waals surface area contributed by atoms with E-state index >= 15 is 0 Å². The summed E-state index contributed by atoms with van der Waals surface area (Å²) < 4.78 is 13.7. The predicted molar refractivity (Wildman–Crippen MR) is 92.8 cm³/mol. The Kier molecular flexibility index (Phi) is 4.40. The lowest BCUT2D eigenvalue weighted by Gasteiger charge is -2.43. The maximum Gasteiger partial charge on any atom is 0.219 e. The zero-order chi connectivity index (χ0) is 17.2. The molecule has 1 unspecified atom stereocenters. The van der Waals surface area contributed by atoms with Gasteiger partial charge in [-0.25, -0.2) is 4.39 Å². The van der Waals surface area contributed by atoms with Crippen LogP contribution in [0.2, 0.25) is 5.02 Å². The molecule has 0 fully saturated rings. The van der Waals surface area contributed by atoms with Gasteiger partial charge in [-0.1, -0.05) is 35.9 Å². The van der Waals surface area contributed by atoms with Crippen LogP contribution in [0.4, 0.5) is 10.1 Å². The maximum absolute atomic E-state index is 13.7. The number of nitrogens with one attached hydrogen (secondary N) is 1. The molecule has 0 spiro atoms. The highest BCUT2D eigenvalue weighted by Gasteiger charge is 2.39. The first-order valence-corrected chi connectivity index (χ1v) is 7.76. The van der Waals surface area contributed by atoms with Crippen molar-refractivity contribution in [3.05, 3.63) is 89.4 Å². The van der Waals surface area contributed by atoms with Crippen molar-refractivity contribution in [3.8, 4) is 0 Å². The van der Waals surface area contributed by atoms with E-state index in [2.05, 4.69) is 11.4 Å². The molecule has 3 rings (SSSR count). The number of benzene rings is 2. The highest BCUT2D eigenvalue weighted by molar-refractivity contribution is 6.31. The van der Waals surface area contributed by atoms with Gasteiger partial charge in [-0.2, -0.15) is 0 Å². The fourth-order valence-corrected chi connectivity index (χ4v) is 3.08. The average molecular weight is 342 g/mol. The topological polar surface area (TPSA) is 32.3 Å². The molecule has 1 aliphatic heterocycles. The summed E-state index contributed by atoms with van der Waals surface area (Å²) >= 11 is 6.39. The van der Waals surface area contributed by atoms with Crippen molar-refractivity contribution in [2.45, 2.75) is 12.6 Å². The third-order valence-corrected chi connectivity index (χ3v) is 4.06. The zero-order valence-corrected chi connectivity index (χ0v) is 13.7. The molecule has 24 heavy (non-hydrogen) atoms. The number of amides is 1. The first-order chi connectivity index (χ1) is 11.5. The summed E-state index contributed by atoms with van der Waals surface area (Å²) in [5.74, 6) is -0.611. The van der Waals surface area contributed by atoms with Crippen molar-refractivity contribution in [2.75, 3.05) is 4.90 Å².